The SMILES string of the molecule is c1ccc2c(c1)Oc1cc3c(cc1O2)C1c2cc4c(cc2C3c2cc3c(cc21)Oc1ccccc1O3)Oc1ccccc1O4. The molecule has 6 nitrogen and oxygen atoms in total. The van der Waals surface area contributed by atoms with Crippen molar-refractivity contribution in [3.63, 3.8) is 0 Å². The van der Waals surface area contributed by atoms with Crippen molar-refractivity contribution < 1.29 is 28.4 Å². The van der Waals surface area contributed by atoms with Crippen LogP contribution in [0.15, 0.2) is 109 Å². The predicted octanol–water partition coefficient (Wildman–Crippen LogP) is 10.4. The molecule has 0 fully saturated rings. The van der Waals surface area contributed by atoms with Gasteiger partial charge in [0.2, 0.25) is 0 Å². The molecule has 44 heavy (non-hydrogen) atoms. The quantitative estimate of drug-likeness (QED) is 0.180. The normalized spacial score (nSPS) is 17.7. The summed E-state index contributed by atoms with van der Waals surface area (Å²) in [7, 11) is 0. The minimum Gasteiger partial charge on any atom is -0.450 e. The zero-order valence-corrected chi connectivity index (χ0v) is 23.0. The van der Waals surface area contributed by atoms with Crippen LogP contribution in [0.5, 0.6) is 69.0 Å². The molecule has 0 N–H and O–H groups in total. The fraction of sp³-hybridized carbons (Fsp3) is 0.0526. The maximum absolute atomic E-state index is 6.37. The van der Waals surface area contributed by atoms with Crippen LogP contribution in [-0.2, 0) is 0 Å². The van der Waals surface area contributed by atoms with Gasteiger partial charge in [-0.2, -0.15) is 0 Å². The number of ether oxygens (including phenoxy) is 6. The zero-order valence-electron chi connectivity index (χ0n) is 23.0. The molecule has 3 aliphatic heterocycles. The van der Waals surface area contributed by atoms with Crippen molar-refractivity contribution >= 4 is 0 Å². The fourth-order valence-corrected chi connectivity index (χ4v) is 7.33. The lowest BCUT2D eigenvalue weighted by atomic mass is 9.61. The van der Waals surface area contributed by atoms with Crippen molar-refractivity contribution in [2.24, 2.45) is 0 Å². The van der Waals surface area contributed by atoms with Crippen LogP contribution in [0.2, 0.25) is 0 Å². The van der Waals surface area contributed by atoms with Gasteiger partial charge in [-0.05, 0) is 106 Å². The number of benzene rings is 6. The highest BCUT2D eigenvalue weighted by Gasteiger charge is 2.45. The summed E-state index contributed by atoms with van der Waals surface area (Å²) in [6.07, 6.45) is 0. The van der Waals surface area contributed by atoms with Crippen molar-refractivity contribution in [2.45, 2.75) is 11.8 Å². The van der Waals surface area contributed by atoms with E-state index >= 15 is 0 Å². The van der Waals surface area contributed by atoms with Crippen LogP contribution in [0.3, 0.4) is 0 Å². The molecule has 3 aliphatic carbocycles. The second-order valence-corrected chi connectivity index (χ2v) is 11.6. The van der Waals surface area contributed by atoms with Gasteiger partial charge in [0.05, 0.1) is 0 Å². The molecule has 6 heteroatoms. The second kappa shape index (κ2) is 7.94. The molecule has 0 radical (unpaired) electrons. The molecule has 0 aromatic heterocycles. The summed E-state index contributed by atoms with van der Waals surface area (Å²) in [5.41, 5.74) is 7.03. The molecule has 0 saturated heterocycles. The first kappa shape index (κ1) is 22.7. The summed E-state index contributed by atoms with van der Waals surface area (Å²) in [6, 6.07) is 36.1. The summed E-state index contributed by atoms with van der Waals surface area (Å²) in [5, 5.41) is 0. The van der Waals surface area contributed by atoms with Crippen molar-refractivity contribution in [1.29, 1.82) is 0 Å². The molecule has 0 atom stereocenters. The lowest BCUT2D eigenvalue weighted by Crippen LogP contribution is -2.28. The largest absolute Gasteiger partial charge is 0.450 e. The Balaban J connectivity index is 1.13. The summed E-state index contributed by atoms with van der Waals surface area (Å²) in [4.78, 5) is 0. The number of para-hydroxylation sites is 6. The van der Waals surface area contributed by atoms with Crippen LogP contribution in [0.4, 0.5) is 0 Å². The number of hydrogen-bond donors (Lipinski definition) is 0. The highest BCUT2D eigenvalue weighted by Crippen LogP contribution is 2.63. The maximum Gasteiger partial charge on any atom is 0.170 e. The van der Waals surface area contributed by atoms with Crippen LogP contribution >= 0.6 is 0 Å². The van der Waals surface area contributed by atoms with Crippen LogP contribution in [-0.4, -0.2) is 0 Å². The molecule has 6 aromatic rings. The number of hydrogen-bond acceptors (Lipinski definition) is 6. The average molecular weight is 573 g/mol. The van der Waals surface area contributed by atoms with Gasteiger partial charge >= 0.3 is 0 Å². The molecule has 12 rings (SSSR count). The van der Waals surface area contributed by atoms with Crippen LogP contribution in [0.25, 0.3) is 0 Å². The summed E-state index contributed by atoms with van der Waals surface area (Å²) < 4.78 is 38.2. The summed E-state index contributed by atoms with van der Waals surface area (Å²) >= 11 is 0. The summed E-state index contributed by atoms with van der Waals surface area (Å²) in [5.74, 6) is 8.28. The molecule has 0 unspecified atom stereocenters. The van der Waals surface area contributed by atoms with E-state index < -0.39 is 0 Å². The third-order valence-electron chi connectivity index (χ3n) is 9.18. The van der Waals surface area contributed by atoms with Crippen LogP contribution < -0.4 is 28.4 Å². The predicted molar refractivity (Wildman–Crippen MR) is 161 cm³/mol. The topological polar surface area (TPSA) is 55.4 Å². The first-order valence-corrected chi connectivity index (χ1v) is 14.6. The van der Waals surface area contributed by atoms with Gasteiger partial charge in [-0.25, -0.2) is 0 Å². The van der Waals surface area contributed by atoms with E-state index in [0.29, 0.717) is 69.0 Å². The minimum atomic E-state index is -0.0942. The van der Waals surface area contributed by atoms with Gasteiger partial charge in [-0.1, -0.05) is 36.4 Å². The van der Waals surface area contributed by atoms with E-state index in [9.17, 15) is 0 Å². The molecule has 6 aromatic carbocycles. The van der Waals surface area contributed by atoms with E-state index in [-0.39, 0.29) is 11.8 Å². The van der Waals surface area contributed by atoms with Gasteiger partial charge in [-0.15, -0.1) is 0 Å². The van der Waals surface area contributed by atoms with E-state index in [1.807, 2.05) is 72.8 Å². The molecule has 2 bridgehead atoms. The molecule has 208 valence electrons. The van der Waals surface area contributed by atoms with Crippen molar-refractivity contribution in [3.8, 4) is 69.0 Å². The number of rotatable bonds is 0. The Kier molecular flexibility index (Phi) is 4.09. The molecule has 3 heterocycles. The Bertz CT molecular complexity index is 1860. The molecular weight excluding hydrogens is 552 g/mol. The molecule has 0 amide bonds. The highest BCUT2D eigenvalue weighted by atomic mass is 16.6. The smallest absolute Gasteiger partial charge is 0.170 e. The standard InChI is InChI=1S/C38H20O6/c1-2-8-26-25(7-1)39-31-13-19-20(14-32(31)40-26)38-23-17-35-33(41-27-9-3-5-11-29(27)43-35)15-21(23)37(19)22-16-34-36(18-24(22)38)44-30-12-6-4-10-28(30)42-34/h1-18,37-38H. The van der Waals surface area contributed by atoms with Crippen molar-refractivity contribution in [3.05, 3.63) is 143 Å². The molecule has 0 spiro atoms. The Morgan fingerprint density at radius 3 is 0.614 bits per heavy atom. The van der Waals surface area contributed by atoms with Gasteiger partial charge in [-0.3, -0.25) is 0 Å². The van der Waals surface area contributed by atoms with Gasteiger partial charge < -0.3 is 28.4 Å². The third kappa shape index (κ3) is 2.94. The van der Waals surface area contributed by atoms with E-state index in [1.54, 1.807) is 0 Å². The fourth-order valence-electron chi connectivity index (χ4n) is 7.33. The molecule has 0 saturated carbocycles. The molecular formula is C38H20O6. The second-order valence-electron chi connectivity index (χ2n) is 11.6. The van der Waals surface area contributed by atoms with E-state index in [4.69, 9.17) is 28.4 Å². The van der Waals surface area contributed by atoms with Crippen molar-refractivity contribution in [2.75, 3.05) is 0 Å². The van der Waals surface area contributed by atoms with Crippen LogP contribution in [0, 0.1) is 0 Å². The number of fused-ring (bicyclic) bond motifs is 6. The van der Waals surface area contributed by atoms with E-state index in [1.165, 1.54) is 33.4 Å². The minimum absolute atomic E-state index is 0.0942. The lowest BCUT2D eigenvalue weighted by Gasteiger charge is -2.43. The first-order chi connectivity index (χ1) is 21.7. The molecule has 6 aliphatic rings. The Labute approximate surface area is 251 Å². The van der Waals surface area contributed by atoms with E-state index in [0.717, 1.165) is 0 Å². The van der Waals surface area contributed by atoms with Gasteiger partial charge in [0, 0.05) is 11.8 Å². The monoisotopic (exact) mass is 572 g/mol. The lowest BCUT2D eigenvalue weighted by molar-refractivity contribution is 0.355. The van der Waals surface area contributed by atoms with Gasteiger partial charge in [0.1, 0.15) is 0 Å². The maximum atomic E-state index is 6.37. The van der Waals surface area contributed by atoms with Crippen molar-refractivity contribution in [1.82, 2.24) is 0 Å². The first-order valence-electron chi connectivity index (χ1n) is 14.6. The van der Waals surface area contributed by atoms with Gasteiger partial charge in [0.25, 0.3) is 0 Å². The Hall–Kier alpha value is -5.88. The van der Waals surface area contributed by atoms with Crippen LogP contribution in [0.1, 0.15) is 45.2 Å². The van der Waals surface area contributed by atoms with Gasteiger partial charge in [0.15, 0.2) is 69.0 Å². The zero-order chi connectivity index (χ0) is 28.5. The Morgan fingerprint density at radius 2 is 0.432 bits per heavy atom. The summed E-state index contributed by atoms with van der Waals surface area (Å²) in [6.45, 7) is 0. The third-order valence-corrected chi connectivity index (χ3v) is 9.18. The Morgan fingerprint density at radius 1 is 0.250 bits per heavy atom. The van der Waals surface area contributed by atoms with E-state index in [2.05, 4.69) is 36.4 Å². The average Bonchev–Trinajstić information content (AvgIpc) is 3.06. The highest BCUT2D eigenvalue weighted by molar-refractivity contribution is 5.75.